The van der Waals surface area contributed by atoms with Gasteiger partial charge in [0.1, 0.15) is 48.6 Å². The van der Waals surface area contributed by atoms with Gasteiger partial charge in [-0.3, -0.25) is 9.59 Å². The van der Waals surface area contributed by atoms with Crippen LogP contribution in [-0.4, -0.2) is 150 Å². The van der Waals surface area contributed by atoms with Gasteiger partial charge in [0, 0.05) is 26.7 Å². The Hall–Kier alpha value is -0.560. The fourth-order valence-electron chi connectivity index (χ4n) is 4.71. The van der Waals surface area contributed by atoms with Gasteiger partial charge < -0.3 is 85.5 Å². The molecule has 2 fully saturated rings. The summed E-state index contributed by atoms with van der Waals surface area (Å²) in [6.07, 6.45) is -18.8. The summed E-state index contributed by atoms with van der Waals surface area (Å²) >= 11 is 0. The molecule has 0 radical (unpaired) electrons. The van der Waals surface area contributed by atoms with Crippen molar-refractivity contribution in [3.05, 3.63) is 0 Å². The smallest absolute Gasteiger partial charge is 0.544 e. The molecular formula is C22H34N2Na2O17. The quantitative estimate of drug-likeness (QED) is 0.0881. The van der Waals surface area contributed by atoms with E-state index in [1.54, 1.807) is 0 Å². The molecule has 236 valence electrons. The molecule has 12 atom stereocenters. The van der Waals surface area contributed by atoms with E-state index in [-0.39, 0.29) is 59.1 Å². The summed E-state index contributed by atoms with van der Waals surface area (Å²) in [5.41, 5.74) is 0. The molecule has 21 heteroatoms. The molecule has 0 aromatic heterocycles. The molecule has 2 amide bonds. The Bertz CT molecular complexity index is 980. The van der Waals surface area contributed by atoms with Crippen LogP contribution in [-0.2, 0) is 33.4 Å². The second-order valence-corrected chi connectivity index (χ2v) is 9.84. The number of carbonyl (C=O) groups is 4. The van der Waals surface area contributed by atoms with Crippen molar-refractivity contribution in [3.63, 3.8) is 0 Å². The van der Waals surface area contributed by atoms with E-state index in [0.29, 0.717) is 0 Å². The minimum Gasteiger partial charge on any atom is -0.544 e. The van der Waals surface area contributed by atoms with E-state index in [0.717, 1.165) is 13.8 Å². The predicted octanol–water partition coefficient (Wildman–Crippen LogP) is -15.4. The Kier molecular flexibility index (Phi) is 17.2. The Morgan fingerprint density at radius 2 is 1.30 bits per heavy atom. The number of nitrogens with one attached hydrogen (secondary N) is 2. The van der Waals surface area contributed by atoms with Crippen LogP contribution in [0.5, 0.6) is 0 Å². The van der Waals surface area contributed by atoms with Gasteiger partial charge in [-0.1, -0.05) is 0 Å². The Morgan fingerprint density at radius 1 is 0.837 bits per heavy atom. The van der Waals surface area contributed by atoms with Crippen LogP contribution in [0, 0.1) is 0 Å². The zero-order valence-corrected chi connectivity index (χ0v) is 27.9. The topological polar surface area (TPSA) is 328 Å². The number of aliphatic hydroxyl groups is 8. The second kappa shape index (κ2) is 17.4. The molecule has 10 N–H and O–H groups in total. The first-order chi connectivity index (χ1) is 18.9. The number of carboxylic acid groups (broad SMARTS) is 2. The minimum atomic E-state index is -3.22. The number of carboxylic acids is 2. The average molecular weight is 644 g/mol. The van der Waals surface area contributed by atoms with Crippen molar-refractivity contribution >= 4 is 23.8 Å². The third-order valence-electron chi connectivity index (χ3n) is 6.69. The molecule has 2 rings (SSSR count). The molecule has 0 aromatic carbocycles. The molecule has 43 heavy (non-hydrogen) atoms. The third kappa shape index (κ3) is 9.96. The Balaban J connectivity index is 0.00000882. The van der Waals surface area contributed by atoms with E-state index < -0.39 is 122 Å². The molecule has 19 nitrogen and oxygen atoms in total. The monoisotopic (exact) mass is 644 g/mol. The summed E-state index contributed by atoms with van der Waals surface area (Å²) < 4.78 is 15.7. The molecule has 2 aliphatic heterocycles. The van der Waals surface area contributed by atoms with Crippen LogP contribution in [0.3, 0.4) is 0 Å². The van der Waals surface area contributed by atoms with Crippen molar-refractivity contribution in [1.29, 1.82) is 0 Å². The van der Waals surface area contributed by atoms with Crippen LogP contribution >= 0.6 is 0 Å². The van der Waals surface area contributed by atoms with E-state index in [1.165, 1.54) is 0 Å². The standard InChI is InChI=1S/C22H36N2O17.2Na/c1-7(27)23-13-9(29)3-21(38,19(34)35)40-18(13)16(33)12(6-26)39-22(20(36)37)4-10(30)14(24-8(2)28)17(41-22)15(32)11(31)5-25;;/h9-18,25-26,29-33,38H,3-6H2,1-2H3,(H,23,27)(H,24,28)(H,34,35)(H,36,37);;/q;2*+1/p-2. The number of hydrogen-bond acceptors (Lipinski definition) is 17. The number of ether oxygens (including phenoxy) is 3. The normalized spacial score (nSPS) is 35.1. The molecule has 0 aliphatic carbocycles. The van der Waals surface area contributed by atoms with Crippen molar-refractivity contribution in [2.75, 3.05) is 13.2 Å². The van der Waals surface area contributed by atoms with Crippen molar-refractivity contribution < 1.29 is 144 Å². The first kappa shape index (κ1) is 42.4. The molecule has 2 aliphatic rings. The van der Waals surface area contributed by atoms with Crippen molar-refractivity contribution in [2.45, 2.75) is 99.2 Å². The fraction of sp³-hybridized carbons (Fsp3) is 0.818. The van der Waals surface area contributed by atoms with Gasteiger partial charge in [0.15, 0.2) is 0 Å². The summed E-state index contributed by atoms with van der Waals surface area (Å²) in [7, 11) is 0. The van der Waals surface area contributed by atoms with E-state index >= 15 is 0 Å². The zero-order valence-electron chi connectivity index (χ0n) is 23.9. The summed E-state index contributed by atoms with van der Waals surface area (Å²) in [4.78, 5) is 47.1. The number of hydrogen-bond donors (Lipinski definition) is 10. The maximum absolute atomic E-state index is 12.3. The Labute approximate surface area is 288 Å². The van der Waals surface area contributed by atoms with Crippen molar-refractivity contribution in [1.82, 2.24) is 10.6 Å². The van der Waals surface area contributed by atoms with Crippen LogP contribution in [0.2, 0.25) is 0 Å². The average Bonchev–Trinajstić information content (AvgIpc) is 2.88. The molecule has 2 heterocycles. The van der Waals surface area contributed by atoms with Crippen LogP contribution in [0.25, 0.3) is 0 Å². The summed E-state index contributed by atoms with van der Waals surface area (Å²) in [6, 6.07) is -3.24. The van der Waals surface area contributed by atoms with Gasteiger partial charge in [-0.05, 0) is 0 Å². The van der Waals surface area contributed by atoms with Crippen LogP contribution in [0.15, 0.2) is 0 Å². The van der Waals surface area contributed by atoms with Gasteiger partial charge in [-0.25, -0.2) is 0 Å². The zero-order chi connectivity index (χ0) is 31.4. The van der Waals surface area contributed by atoms with Gasteiger partial charge in [-0.15, -0.1) is 0 Å². The molecule has 2 saturated heterocycles. The van der Waals surface area contributed by atoms with Crippen LogP contribution < -0.4 is 80.0 Å². The number of carbonyl (C=O) groups excluding carboxylic acids is 4. The number of rotatable bonds is 12. The second-order valence-electron chi connectivity index (χ2n) is 9.84. The van der Waals surface area contributed by atoms with Gasteiger partial charge in [-0.2, -0.15) is 0 Å². The van der Waals surface area contributed by atoms with E-state index in [2.05, 4.69) is 10.6 Å². The number of aliphatic carboxylic acids is 2. The van der Waals surface area contributed by atoms with Gasteiger partial charge >= 0.3 is 59.1 Å². The molecular weight excluding hydrogens is 610 g/mol. The molecule has 0 bridgehead atoms. The molecule has 12 unspecified atom stereocenters. The first-order valence-electron chi connectivity index (χ1n) is 12.3. The van der Waals surface area contributed by atoms with E-state index in [9.17, 15) is 70.2 Å². The first-order valence-corrected chi connectivity index (χ1v) is 12.3. The third-order valence-corrected chi connectivity index (χ3v) is 6.69. The van der Waals surface area contributed by atoms with Crippen LogP contribution in [0.1, 0.15) is 26.7 Å². The Morgan fingerprint density at radius 3 is 1.70 bits per heavy atom. The molecule has 0 spiro atoms. The van der Waals surface area contributed by atoms with E-state index in [1.807, 2.05) is 0 Å². The van der Waals surface area contributed by atoms with Gasteiger partial charge in [0.05, 0.1) is 37.5 Å². The number of amides is 2. The SMILES string of the molecule is CC(=O)NC1C(O)CC(OC(CO)C(O)C2OC(O)(C(=O)[O-])CC(O)C2NC(C)=O)(C(=O)[O-])OC1C(O)C(O)CO.[Na+].[Na+]. The molecule has 0 saturated carbocycles. The fourth-order valence-corrected chi connectivity index (χ4v) is 4.71. The summed E-state index contributed by atoms with van der Waals surface area (Å²) in [5.74, 6) is -12.5. The predicted molar refractivity (Wildman–Crippen MR) is 121 cm³/mol. The van der Waals surface area contributed by atoms with Gasteiger partial charge in [0.25, 0.3) is 0 Å². The summed E-state index contributed by atoms with van der Waals surface area (Å²) in [6.45, 7) is -0.389. The van der Waals surface area contributed by atoms with Gasteiger partial charge in [0.2, 0.25) is 23.4 Å². The number of aliphatic hydroxyl groups excluding tert-OH is 7. The molecule has 0 aromatic rings. The maximum atomic E-state index is 12.3. The largest absolute Gasteiger partial charge is 1.00 e. The van der Waals surface area contributed by atoms with E-state index in [4.69, 9.17) is 14.2 Å². The van der Waals surface area contributed by atoms with Crippen molar-refractivity contribution in [2.24, 2.45) is 0 Å². The maximum Gasteiger partial charge on any atom is 1.00 e. The minimum absolute atomic E-state index is 0. The van der Waals surface area contributed by atoms with Crippen molar-refractivity contribution in [3.8, 4) is 0 Å². The van der Waals surface area contributed by atoms with Crippen LogP contribution in [0.4, 0.5) is 0 Å². The summed E-state index contributed by atoms with van der Waals surface area (Å²) in [5, 5.41) is 110.